The van der Waals surface area contributed by atoms with Crippen LogP contribution < -0.4 is 4.90 Å². The van der Waals surface area contributed by atoms with Crippen LogP contribution in [-0.2, 0) is 11.3 Å². The van der Waals surface area contributed by atoms with Gasteiger partial charge in [-0.1, -0.05) is 18.2 Å². The number of fused-ring (bicyclic) bond motifs is 4. The number of carbonyl (C=O) groups is 1. The lowest BCUT2D eigenvalue weighted by Crippen LogP contribution is -2.39. The van der Waals surface area contributed by atoms with E-state index in [1.54, 1.807) is 11.1 Å². The van der Waals surface area contributed by atoms with Crippen molar-refractivity contribution >= 4 is 39.2 Å². The molecular weight excluding hydrogens is 488 g/mol. The number of hydrogen-bond donors (Lipinski definition) is 0. The molecule has 198 valence electrons. The van der Waals surface area contributed by atoms with Crippen LogP contribution in [-0.4, -0.2) is 51.0 Å². The van der Waals surface area contributed by atoms with Crippen molar-refractivity contribution in [2.24, 2.45) is 0 Å². The molecule has 2 aromatic carbocycles. The van der Waals surface area contributed by atoms with Gasteiger partial charge in [-0.25, -0.2) is 4.79 Å². The standard InChI is InChI=1S/C31H32N6O2/c1-20-18-36(27-10-8-23(17-32)29-25(27)6-5-13-33-29)19-28-24-9-7-22(16-26(24)34-37(20)28)21-11-14-35(15-12-21)30(38)39-31(2,3)4/h5-11,13,16,20H,12,14-15,18-19H2,1-4H3/t20-/m1/s1. The third kappa shape index (κ3) is 4.59. The van der Waals surface area contributed by atoms with Gasteiger partial charge in [-0.05, 0) is 75.6 Å². The van der Waals surface area contributed by atoms with E-state index < -0.39 is 5.60 Å². The van der Waals surface area contributed by atoms with E-state index in [1.807, 2.05) is 45.0 Å². The average Bonchev–Trinajstić information content (AvgIpc) is 3.30. The maximum absolute atomic E-state index is 12.4. The predicted molar refractivity (Wildman–Crippen MR) is 152 cm³/mol. The summed E-state index contributed by atoms with van der Waals surface area (Å²) in [5, 5.41) is 16.7. The lowest BCUT2D eigenvalue weighted by Gasteiger charge is -2.34. The molecule has 8 nitrogen and oxygen atoms in total. The molecule has 1 amide bonds. The summed E-state index contributed by atoms with van der Waals surface area (Å²) < 4.78 is 7.69. The van der Waals surface area contributed by atoms with Crippen molar-refractivity contribution < 1.29 is 9.53 Å². The van der Waals surface area contributed by atoms with Crippen molar-refractivity contribution in [3.63, 3.8) is 0 Å². The highest BCUT2D eigenvalue weighted by Gasteiger charge is 2.28. The maximum atomic E-state index is 12.4. The Morgan fingerprint density at radius 2 is 2.00 bits per heavy atom. The molecule has 4 aromatic rings. The molecule has 0 unspecified atom stereocenters. The lowest BCUT2D eigenvalue weighted by atomic mass is 9.98. The summed E-state index contributed by atoms with van der Waals surface area (Å²) in [6, 6.07) is 16.9. The van der Waals surface area contributed by atoms with Gasteiger partial charge in [0.1, 0.15) is 11.7 Å². The number of ether oxygens (including phenoxy) is 1. The summed E-state index contributed by atoms with van der Waals surface area (Å²) in [7, 11) is 0. The molecule has 1 atom stereocenters. The Kier molecular flexibility index (Phi) is 6.02. The fourth-order valence-electron chi connectivity index (χ4n) is 5.65. The third-order valence-electron chi connectivity index (χ3n) is 7.48. The number of rotatable bonds is 2. The molecular formula is C31H32N6O2. The van der Waals surface area contributed by atoms with Gasteiger partial charge in [-0.3, -0.25) is 9.67 Å². The van der Waals surface area contributed by atoms with Gasteiger partial charge in [-0.15, -0.1) is 0 Å². The Bertz CT molecular complexity index is 1670. The number of hydrogen-bond acceptors (Lipinski definition) is 6. The van der Waals surface area contributed by atoms with Crippen LogP contribution in [0.4, 0.5) is 10.5 Å². The van der Waals surface area contributed by atoms with Gasteiger partial charge in [0, 0.05) is 42.3 Å². The van der Waals surface area contributed by atoms with E-state index in [-0.39, 0.29) is 12.1 Å². The molecule has 2 aliphatic rings. The van der Waals surface area contributed by atoms with Gasteiger partial charge in [0.05, 0.1) is 34.9 Å². The van der Waals surface area contributed by atoms with E-state index in [9.17, 15) is 10.1 Å². The first-order valence-corrected chi connectivity index (χ1v) is 13.4. The summed E-state index contributed by atoms with van der Waals surface area (Å²) in [6.07, 6.45) is 4.38. The molecule has 0 N–H and O–H groups in total. The maximum Gasteiger partial charge on any atom is 0.410 e. The molecule has 2 aromatic heterocycles. The molecule has 0 saturated heterocycles. The Hall–Kier alpha value is -4.38. The van der Waals surface area contributed by atoms with Gasteiger partial charge < -0.3 is 14.5 Å². The Balaban J connectivity index is 1.28. The second-order valence-electron chi connectivity index (χ2n) is 11.4. The zero-order valence-corrected chi connectivity index (χ0v) is 22.8. The summed E-state index contributed by atoms with van der Waals surface area (Å²) in [6.45, 7) is 10.6. The SMILES string of the molecule is C[C@@H]1CN(c2ccc(C#N)c3ncccc23)Cc2c3ccc(C4=CCN(C(=O)OC(C)(C)C)CC4)cc3nn21. The quantitative estimate of drug-likeness (QED) is 0.319. The molecule has 4 heterocycles. The van der Waals surface area contributed by atoms with E-state index in [2.05, 4.69) is 51.8 Å². The van der Waals surface area contributed by atoms with Crippen LogP contribution in [0.2, 0.25) is 0 Å². The molecule has 39 heavy (non-hydrogen) atoms. The molecule has 8 heteroatoms. The molecule has 0 saturated carbocycles. The normalized spacial score (nSPS) is 17.6. The highest BCUT2D eigenvalue weighted by Crippen LogP contribution is 2.36. The largest absolute Gasteiger partial charge is 0.444 e. The van der Waals surface area contributed by atoms with Gasteiger partial charge >= 0.3 is 6.09 Å². The van der Waals surface area contributed by atoms with Crippen LogP contribution >= 0.6 is 0 Å². The van der Waals surface area contributed by atoms with Crippen molar-refractivity contribution in [3.05, 3.63) is 71.6 Å². The first-order chi connectivity index (χ1) is 18.7. The summed E-state index contributed by atoms with van der Waals surface area (Å²) in [5.74, 6) is 0. The topological polar surface area (TPSA) is 87.3 Å². The number of aromatic nitrogens is 3. The average molecular weight is 521 g/mol. The minimum atomic E-state index is -0.497. The molecule has 6 rings (SSSR count). The minimum absolute atomic E-state index is 0.184. The molecule has 0 radical (unpaired) electrons. The molecule has 0 spiro atoms. The van der Waals surface area contributed by atoms with Gasteiger partial charge in [0.2, 0.25) is 0 Å². The second-order valence-corrected chi connectivity index (χ2v) is 11.4. The van der Waals surface area contributed by atoms with Crippen molar-refractivity contribution in [2.75, 3.05) is 24.5 Å². The zero-order valence-electron chi connectivity index (χ0n) is 22.8. The molecule has 0 fully saturated rings. The number of carbonyl (C=O) groups excluding carboxylic acids is 1. The minimum Gasteiger partial charge on any atom is -0.444 e. The third-order valence-corrected chi connectivity index (χ3v) is 7.48. The Morgan fingerprint density at radius 1 is 1.15 bits per heavy atom. The van der Waals surface area contributed by atoms with Crippen LogP contribution in [0.1, 0.15) is 57.0 Å². The van der Waals surface area contributed by atoms with E-state index in [0.717, 1.165) is 52.6 Å². The van der Waals surface area contributed by atoms with Gasteiger partial charge in [0.15, 0.2) is 0 Å². The van der Waals surface area contributed by atoms with Crippen LogP contribution in [0, 0.1) is 11.3 Å². The number of benzene rings is 2. The number of nitrogens with zero attached hydrogens (tertiary/aromatic N) is 6. The molecule has 0 bridgehead atoms. The van der Waals surface area contributed by atoms with E-state index in [4.69, 9.17) is 9.84 Å². The summed E-state index contributed by atoms with van der Waals surface area (Å²) >= 11 is 0. The number of amides is 1. The first kappa shape index (κ1) is 24.9. The van der Waals surface area contributed by atoms with E-state index in [0.29, 0.717) is 18.7 Å². The highest BCUT2D eigenvalue weighted by molar-refractivity contribution is 5.95. The fraction of sp³-hybridized carbons (Fsp3) is 0.355. The first-order valence-electron chi connectivity index (χ1n) is 13.4. The van der Waals surface area contributed by atoms with Crippen LogP contribution in [0.3, 0.4) is 0 Å². The van der Waals surface area contributed by atoms with E-state index in [1.165, 1.54) is 11.3 Å². The molecule has 2 aliphatic heterocycles. The van der Waals surface area contributed by atoms with Gasteiger partial charge in [0.25, 0.3) is 0 Å². The summed E-state index contributed by atoms with van der Waals surface area (Å²) in [4.78, 5) is 21.1. The van der Waals surface area contributed by atoms with Crippen molar-refractivity contribution in [1.29, 1.82) is 5.26 Å². The zero-order chi connectivity index (χ0) is 27.3. The molecule has 0 aliphatic carbocycles. The predicted octanol–water partition coefficient (Wildman–Crippen LogP) is 6.06. The second kappa shape index (κ2) is 9.42. The van der Waals surface area contributed by atoms with Crippen molar-refractivity contribution in [3.8, 4) is 6.07 Å². The fourth-order valence-corrected chi connectivity index (χ4v) is 5.65. The smallest absolute Gasteiger partial charge is 0.410 e. The Labute approximate surface area is 228 Å². The number of anilines is 1. The lowest BCUT2D eigenvalue weighted by molar-refractivity contribution is 0.0270. The number of pyridine rings is 1. The number of nitriles is 1. The van der Waals surface area contributed by atoms with Crippen molar-refractivity contribution in [2.45, 2.75) is 52.3 Å². The highest BCUT2D eigenvalue weighted by atomic mass is 16.6. The van der Waals surface area contributed by atoms with E-state index >= 15 is 0 Å². The van der Waals surface area contributed by atoms with Crippen LogP contribution in [0.15, 0.2) is 54.7 Å². The van der Waals surface area contributed by atoms with Crippen LogP contribution in [0.5, 0.6) is 0 Å². The van der Waals surface area contributed by atoms with Crippen LogP contribution in [0.25, 0.3) is 27.4 Å². The Morgan fingerprint density at radius 3 is 2.74 bits per heavy atom. The monoisotopic (exact) mass is 520 g/mol. The van der Waals surface area contributed by atoms with Gasteiger partial charge in [-0.2, -0.15) is 10.4 Å². The summed E-state index contributed by atoms with van der Waals surface area (Å²) in [5.41, 5.74) is 6.47. The van der Waals surface area contributed by atoms with Crippen molar-refractivity contribution in [1.82, 2.24) is 19.7 Å².